The predicted octanol–water partition coefficient (Wildman–Crippen LogP) is 3.14. The van der Waals surface area contributed by atoms with E-state index in [2.05, 4.69) is 4.98 Å². The molecular weight excluding hydrogens is 260 g/mol. The van der Waals surface area contributed by atoms with Crippen molar-refractivity contribution in [3.05, 3.63) is 57.8 Å². The number of aliphatic hydroxyl groups excluding tert-OH is 1. The molecule has 1 unspecified atom stereocenters. The van der Waals surface area contributed by atoms with Gasteiger partial charge in [-0.3, -0.25) is 10.1 Å². The third-order valence-corrected chi connectivity index (χ3v) is 2.83. The summed E-state index contributed by atoms with van der Waals surface area (Å²) in [7, 11) is 0. The maximum atomic E-state index is 10.7. The molecule has 0 aliphatic carbocycles. The molecule has 6 nitrogen and oxygen atoms in total. The highest BCUT2D eigenvalue weighted by atomic mass is 16.6. The first-order valence-electron chi connectivity index (χ1n) is 6.04. The van der Waals surface area contributed by atoms with Crippen LogP contribution in [0.4, 0.5) is 5.69 Å². The SMILES string of the molecule is Cc1cc([N+](=O)[O-])ccc1Oc1cc(C(C)O)ccn1. The van der Waals surface area contributed by atoms with Gasteiger partial charge in [0.1, 0.15) is 5.75 Å². The zero-order valence-electron chi connectivity index (χ0n) is 11.1. The van der Waals surface area contributed by atoms with Gasteiger partial charge in [-0.2, -0.15) is 0 Å². The fourth-order valence-corrected chi connectivity index (χ4v) is 1.71. The number of aryl methyl sites for hydroxylation is 1. The summed E-state index contributed by atoms with van der Waals surface area (Å²) >= 11 is 0. The quantitative estimate of drug-likeness (QED) is 0.683. The van der Waals surface area contributed by atoms with Gasteiger partial charge in [-0.1, -0.05) is 0 Å². The van der Waals surface area contributed by atoms with Crippen LogP contribution in [0.15, 0.2) is 36.5 Å². The molecule has 0 bridgehead atoms. The molecule has 0 spiro atoms. The van der Waals surface area contributed by atoms with E-state index in [9.17, 15) is 15.2 Å². The van der Waals surface area contributed by atoms with Crippen LogP contribution in [0.2, 0.25) is 0 Å². The second-order valence-electron chi connectivity index (χ2n) is 4.41. The van der Waals surface area contributed by atoms with Crippen LogP contribution in [0.25, 0.3) is 0 Å². The van der Waals surface area contributed by atoms with Gasteiger partial charge >= 0.3 is 0 Å². The average Bonchev–Trinajstić information content (AvgIpc) is 2.41. The summed E-state index contributed by atoms with van der Waals surface area (Å²) in [6.45, 7) is 3.37. The second-order valence-corrected chi connectivity index (χ2v) is 4.41. The third kappa shape index (κ3) is 3.10. The van der Waals surface area contributed by atoms with Gasteiger partial charge < -0.3 is 9.84 Å². The summed E-state index contributed by atoms with van der Waals surface area (Å²) in [6.07, 6.45) is 0.927. The molecule has 0 fully saturated rings. The minimum absolute atomic E-state index is 0.0144. The molecule has 2 rings (SSSR count). The molecule has 104 valence electrons. The van der Waals surface area contributed by atoms with Crippen molar-refractivity contribution >= 4 is 5.69 Å². The van der Waals surface area contributed by atoms with Crippen molar-refractivity contribution in [1.29, 1.82) is 0 Å². The summed E-state index contributed by atoms with van der Waals surface area (Å²) in [5, 5.41) is 20.2. The van der Waals surface area contributed by atoms with Crippen molar-refractivity contribution < 1.29 is 14.8 Å². The number of nitro groups is 1. The van der Waals surface area contributed by atoms with Gasteiger partial charge in [0.15, 0.2) is 0 Å². The predicted molar refractivity (Wildman–Crippen MR) is 72.8 cm³/mol. The molecule has 1 aromatic carbocycles. The molecule has 1 heterocycles. The Bertz CT molecular complexity index is 641. The van der Waals surface area contributed by atoms with Crippen molar-refractivity contribution in [3.63, 3.8) is 0 Å². The smallest absolute Gasteiger partial charge is 0.269 e. The fraction of sp³-hybridized carbons (Fsp3) is 0.214. The van der Waals surface area contributed by atoms with Gasteiger partial charge in [0, 0.05) is 24.4 Å². The molecule has 0 radical (unpaired) electrons. The number of benzene rings is 1. The van der Waals surface area contributed by atoms with Crippen LogP contribution in [-0.2, 0) is 0 Å². The lowest BCUT2D eigenvalue weighted by atomic mass is 10.2. The number of non-ortho nitro benzene ring substituents is 1. The van der Waals surface area contributed by atoms with E-state index in [1.807, 2.05) is 0 Å². The Hall–Kier alpha value is -2.47. The van der Waals surface area contributed by atoms with Crippen LogP contribution in [0.5, 0.6) is 11.6 Å². The van der Waals surface area contributed by atoms with Crippen LogP contribution in [0, 0.1) is 17.0 Å². The zero-order chi connectivity index (χ0) is 14.7. The Balaban J connectivity index is 2.26. The molecule has 0 aliphatic rings. The Morgan fingerprint density at radius 3 is 2.70 bits per heavy atom. The Labute approximate surface area is 115 Å². The molecule has 0 saturated carbocycles. The minimum Gasteiger partial charge on any atom is -0.439 e. The lowest BCUT2D eigenvalue weighted by Gasteiger charge is -2.09. The Kier molecular flexibility index (Phi) is 3.95. The largest absolute Gasteiger partial charge is 0.439 e. The highest BCUT2D eigenvalue weighted by Gasteiger charge is 2.10. The minimum atomic E-state index is -0.613. The number of nitrogens with zero attached hydrogens (tertiary/aromatic N) is 2. The summed E-state index contributed by atoms with van der Waals surface area (Å²) in [5.74, 6) is 0.825. The Morgan fingerprint density at radius 1 is 1.35 bits per heavy atom. The van der Waals surface area contributed by atoms with Crippen molar-refractivity contribution in [2.45, 2.75) is 20.0 Å². The lowest BCUT2D eigenvalue weighted by Crippen LogP contribution is -1.96. The molecule has 1 aromatic heterocycles. The first-order chi connectivity index (χ1) is 9.47. The number of aliphatic hydroxyl groups is 1. The number of nitro benzene ring substituents is 1. The standard InChI is InChI=1S/C14H14N2O4/c1-9-7-12(16(18)19)3-4-13(9)20-14-8-11(10(2)17)5-6-15-14/h3-8,10,17H,1-2H3. The van der Waals surface area contributed by atoms with Gasteiger partial charge in [-0.15, -0.1) is 0 Å². The second kappa shape index (κ2) is 5.66. The molecule has 2 aromatic rings. The van der Waals surface area contributed by atoms with Crippen LogP contribution in [-0.4, -0.2) is 15.0 Å². The average molecular weight is 274 g/mol. The van der Waals surface area contributed by atoms with Gasteiger partial charge in [0.2, 0.25) is 5.88 Å². The summed E-state index contributed by atoms with van der Waals surface area (Å²) in [4.78, 5) is 14.3. The third-order valence-electron chi connectivity index (χ3n) is 2.83. The lowest BCUT2D eigenvalue weighted by molar-refractivity contribution is -0.384. The topological polar surface area (TPSA) is 85.5 Å². The first kappa shape index (κ1) is 14.0. The van der Waals surface area contributed by atoms with Crippen molar-refractivity contribution in [2.24, 2.45) is 0 Å². The van der Waals surface area contributed by atoms with E-state index in [1.54, 1.807) is 26.0 Å². The van der Waals surface area contributed by atoms with E-state index in [0.717, 1.165) is 0 Å². The van der Waals surface area contributed by atoms with E-state index in [-0.39, 0.29) is 5.69 Å². The normalized spacial score (nSPS) is 11.9. The van der Waals surface area contributed by atoms with Gasteiger partial charge in [-0.25, -0.2) is 4.98 Å². The van der Waals surface area contributed by atoms with Gasteiger partial charge in [0.25, 0.3) is 5.69 Å². The van der Waals surface area contributed by atoms with E-state index in [4.69, 9.17) is 4.74 Å². The van der Waals surface area contributed by atoms with Crippen molar-refractivity contribution in [3.8, 4) is 11.6 Å². The molecule has 20 heavy (non-hydrogen) atoms. The molecule has 0 aliphatic heterocycles. The summed E-state index contributed by atoms with van der Waals surface area (Å²) in [6, 6.07) is 7.67. The number of hydrogen-bond donors (Lipinski definition) is 1. The van der Waals surface area contributed by atoms with E-state index >= 15 is 0 Å². The number of aromatic nitrogens is 1. The van der Waals surface area contributed by atoms with Crippen LogP contribution in [0.3, 0.4) is 0 Å². The first-order valence-corrected chi connectivity index (χ1v) is 6.04. The zero-order valence-corrected chi connectivity index (χ0v) is 11.1. The van der Waals surface area contributed by atoms with Gasteiger partial charge in [-0.05, 0) is 37.1 Å². The van der Waals surface area contributed by atoms with E-state index < -0.39 is 11.0 Å². The highest BCUT2D eigenvalue weighted by molar-refractivity contribution is 5.44. The van der Waals surface area contributed by atoms with Crippen LogP contribution in [0.1, 0.15) is 24.2 Å². The molecule has 0 saturated heterocycles. The maximum Gasteiger partial charge on any atom is 0.269 e. The molecule has 6 heteroatoms. The molecule has 1 N–H and O–H groups in total. The van der Waals surface area contributed by atoms with Crippen molar-refractivity contribution in [2.75, 3.05) is 0 Å². The maximum absolute atomic E-state index is 10.7. The summed E-state index contributed by atoms with van der Waals surface area (Å²) in [5.41, 5.74) is 1.35. The monoisotopic (exact) mass is 274 g/mol. The number of ether oxygens (including phenoxy) is 1. The number of pyridine rings is 1. The van der Waals surface area contributed by atoms with Crippen molar-refractivity contribution in [1.82, 2.24) is 4.98 Å². The van der Waals surface area contributed by atoms with E-state index in [0.29, 0.717) is 22.8 Å². The summed E-state index contributed by atoms with van der Waals surface area (Å²) < 4.78 is 5.59. The number of rotatable bonds is 4. The number of hydrogen-bond acceptors (Lipinski definition) is 5. The molecular formula is C14H14N2O4. The highest BCUT2D eigenvalue weighted by Crippen LogP contribution is 2.28. The molecule has 0 amide bonds. The van der Waals surface area contributed by atoms with Crippen LogP contribution < -0.4 is 4.74 Å². The Morgan fingerprint density at radius 2 is 2.10 bits per heavy atom. The fourth-order valence-electron chi connectivity index (χ4n) is 1.71. The van der Waals surface area contributed by atoms with Gasteiger partial charge in [0.05, 0.1) is 11.0 Å². The van der Waals surface area contributed by atoms with E-state index in [1.165, 1.54) is 24.4 Å². The molecule has 1 atom stereocenters. The van der Waals surface area contributed by atoms with Crippen LogP contribution >= 0.6 is 0 Å².